The highest BCUT2D eigenvalue weighted by atomic mass is 19.3. The van der Waals surface area contributed by atoms with Gasteiger partial charge in [-0.3, -0.25) is 4.79 Å². The van der Waals surface area contributed by atoms with Crippen LogP contribution in [0.2, 0.25) is 0 Å². The third kappa shape index (κ3) is 5.63. The van der Waals surface area contributed by atoms with Gasteiger partial charge in [-0.2, -0.15) is 8.78 Å². The Morgan fingerprint density at radius 3 is 2.19 bits per heavy atom. The van der Waals surface area contributed by atoms with Crippen LogP contribution in [0.25, 0.3) is 0 Å². The number of halogens is 2. The van der Waals surface area contributed by atoms with Crippen molar-refractivity contribution in [1.82, 2.24) is 0 Å². The van der Waals surface area contributed by atoms with Crippen LogP contribution in [0.1, 0.15) is 32.1 Å². The quantitative estimate of drug-likeness (QED) is 0.502. The van der Waals surface area contributed by atoms with E-state index < -0.39 is 18.3 Å². The number of alkyl halides is 2. The van der Waals surface area contributed by atoms with E-state index in [9.17, 15) is 18.4 Å². The van der Waals surface area contributed by atoms with Crippen molar-refractivity contribution < 1.29 is 27.8 Å². The van der Waals surface area contributed by atoms with Crippen LogP contribution in [0.5, 0.6) is 0 Å². The Kier molecular flexibility index (Phi) is 6.60. The van der Waals surface area contributed by atoms with E-state index in [2.05, 4.69) is 9.47 Å². The van der Waals surface area contributed by atoms with Crippen molar-refractivity contribution in [3.8, 4) is 0 Å². The summed E-state index contributed by atoms with van der Waals surface area (Å²) in [7, 11) is 2.20. The zero-order valence-corrected chi connectivity index (χ0v) is 9.42. The van der Waals surface area contributed by atoms with E-state index in [1.807, 2.05) is 0 Å². The van der Waals surface area contributed by atoms with Crippen molar-refractivity contribution in [2.75, 3.05) is 14.2 Å². The van der Waals surface area contributed by atoms with E-state index in [-0.39, 0.29) is 18.8 Å². The maximum absolute atomic E-state index is 12.9. The van der Waals surface area contributed by atoms with Crippen LogP contribution in [0.15, 0.2) is 0 Å². The Morgan fingerprint density at radius 1 is 1.06 bits per heavy atom. The van der Waals surface area contributed by atoms with Gasteiger partial charge >= 0.3 is 17.9 Å². The van der Waals surface area contributed by atoms with Crippen molar-refractivity contribution in [2.24, 2.45) is 0 Å². The van der Waals surface area contributed by atoms with Gasteiger partial charge in [0.05, 0.1) is 14.2 Å². The summed E-state index contributed by atoms with van der Waals surface area (Å²) < 4.78 is 34.2. The maximum Gasteiger partial charge on any atom is 0.376 e. The lowest BCUT2D eigenvalue weighted by atomic mass is 10.1. The summed E-state index contributed by atoms with van der Waals surface area (Å²) in [5.41, 5.74) is 0. The molecule has 0 aliphatic carbocycles. The van der Waals surface area contributed by atoms with Crippen LogP contribution in [-0.4, -0.2) is 32.1 Å². The van der Waals surface area contributed by atoms with Crippen molar-refractivity contribution in [3.05, 3.63) is 0 Å². The minimum Gasteiger partial charge on any atom is -0.469 e. The summed E-state index contributed by atoms with van der Waals surface area (Å²) in [6, 6.07) is 0. The van der Waals surface area contributed by atoms with Crippen molar-refractivity contribution in [1.29, 1.82) is 0 Å². The molecule has 0 rings (SSSR count). The number of methoxy groups -OCH3 is 2. The third-order valence-corrected chi connectivity index (χ3v) is 2.08. The molecule has 0 aromatic rings. The van der Waals surface area contributed by atoms with Crippen LogP contribution < -0.4 is 0 Å². The molecular weight excluding hydrogens is 222 g/mol. The average molecular weight is 238 g/mol. The first kappa shape index (κ1) is 14.8. The number of esters is 2. The predicted molar refractivity (Wildman–Crippen MR) is 52.1 cm³/mol. The normalized spacial score (nSPS) is 11.0. The first-order chi connectivity index (χ1) is 7.44. The van der Waals surface area contributed by atoms with E-state index in [1.54, 1.807) is 0 Å². The molecule has 6 heteroatoms. The summed E-state index contributed by atoms with van der Waals surface area (Å²) in [4.78, 5) is 21.3. The molecule has 4 nitrogen and oxygen atoms in total. The molecule has 0 aliphatic rings. The molecule has 0 heterocycles. The standard InChI is InChI=1S/C10H16F2O4/c1-15-8(13)6-4-3-5-7-10(11,12)9(14)16-2/h3-7H2,1-2H3. The summed E-state index contributed by atoms with van der Waals surface area (Å²) in [5, 5.41) is 0. The van der Waals surface area contributed by atoms with Gasteiger partial charge in [-0.1, -0.05) is 6.42 Å². The third-order valence-electron chi connectivity index (χ3n) is 2.08. The molecule has 0 unspecified atom stereocenters. The lowest BCUT2D eigenvalue weighted by Crippen LogP contribution is -2.29. The molecular formula is C10H16F2O4. The fraction of sp³-hybridized carbons (Fsp3) is 0.800. The highest BCUT2D eigenvalue weighted by molar-refractivity contribution is 5.77. The lowest BCUT2D eigenvalue weighted by Gasteiger charge is -2.12. The van der Waals surface area contributed by atoms with Gasteiger partial charge in [-0.15, -0.1) is 0 Å². The van der Waals surface area contributed by atoms with E-state index in [4.69, 9.17) is 0 Å². The summed E-state index contributed by atoms with van der Waals surface area (Å²) in [6.45, 7) is 0. The fourth-order valence-electron chi connectivity index (χ4n) is 1.15. The second-order valence-electron chi connectivity index (χ2n) is 3.33. The Morgan fingerprint density at radius 2 is 1.69 bits per heavy atom. The van der Waals surface area contributed by atoms with Gasteiger partial charge in [0.15, 0.2) is 0 Å². The number of carbonyl (C=O) groups excluding carboxylic acids is 2. The molecule has 0 aromatic heterocycles. The van der Waals surface area contributed by atoms with E-state index in [1.165, 1.54) is 7.11 Å². The highest BCUT2D eigenvalue weighted by Crippen LogP contribution is 2.23. The molecule has 0 fully saturated rings. The molecule has 94 valence electrons. The van der Waals surface area contributed by atoms with Crippen LogP contribution >= 0.6 is 0 Å². The smallest absolute Gasteiger partial charge is 0.376 e. The Balaban J connectivity index is 3.66. The van der Waals surface area contributed by atoms with Gasteiger partial charge < -0.3 is 9.47 Å². The van der Waals surface area contributed by atoms with E-state index >= 15 is 0 Å². The number of ether oxygens (including phenoxy) is 2. The molecule has 0 bridgehead atoms. The first-order valence-corrected chi connectivity index (χ1v) is 4.97. The molecule has 0 spiro atoms. The number of hydrogen-bond acceptors (Lipinski definition) is 4. The van der Waals surface area contributed by atoms with Gasteiger partial charge in [0.2, 0.25) is 0 Å². The van der Waals surface area contributed by atoms with E-state index in [0.717, 1.165) is 7.11 Å². The number of rotatable bonds is 7. The summed E-state index contributed by atoms with van der Waals surface area (Å²) >= 11 is 0. The largest absolute Gasteiger partial charge is 0.469 e. The molecule has 0 aliphatic heterocycles. The second-order valence-corrected chi connectivity index (χ2v) is 3.33. The summed E-state index contributed by atoms with van der Waals surface area (Å²) in [5.74, 6) is -5.31. The topological polar surface area (TPSA) is 52.6 Å². The van der Waals surface area contributed by atoms with Crippen LogP contribution in [0.3, 0.4) is 0 Å². The van der Waals surface area contributed by atoms with Gasteiger partial charge in [0.25, 0.3) is 0 Å². The number of carbonyl (C=O) groups is 2. The zero-order chi connectivity index (χ0) is 12.6. The van der Waals surface area contributed by atoms with Crippen molar-refractivity contribution >= 4 is 11.9 Å². The molecule has 0 saturated heterocycles. The molecule has 16 heavy (non-hydrogen) atoms. The first-order valence-electron chi connectivity index (χ1n) is 4.97. The molecule has 0 saturated carbocycles. The highest BCUT2D eigenvalue weighted by Gasteiger charge is 2.39. The Hall–Kier alpha value is -1.20. The molecule has 0 aromatic carbocycles. The van der Waals surface area contributed by atoms with Gasteiger partial charge in [0.1, 0.15) is 0 Å². The van der Waals surface area contributed by atoms with Gasteiger partial charge in [-0.25, -0.2) is 4.79 Å². The minimum absolute atomic E-state index is 0.166. The lowest BCUT2D eigenvalue weighted by molar-refractivity contribution is -0.169. The van der Waals surface area contributed by atoms with E-state index in [0.29, 0.717) is 12.8 Å². The number of hydrogen-bond donors (Lipinski definition) is 0. The van der Waals surface area contributed by atoms with Crippen molar-refractivity contribution in [2.45, 2.75) is 38.0 Å². The van der Waals surface area contributed by atoms with Gasteiger partial charge in [-0.05, 0) is 12.8 Å². The van der Waals surface area contributed by atoms with Gasteiger partial charge in [0, 0.05) is 12.8 Å². The maximum atomic E-state index is 12.9. The van der Waals surface area contributed by atoms with Crippen LogP contribution in [0.4, 0.5) is 8.78 Å². The molecule has 0 amide bonds. The SMILES string of the molecule is COC(=O)CCCCCC(F)(F)C(=O)OC. The van der Waals surface area contributed by atoms with Crippen LogP contribution in [-0.2, 0) is 19.1 Å². The summed E-state index contributed by atoms with van der Waals surface area (Å²) in [6.07, 6.45) is 0.742. The fourth-order valence-corrected chi connectivity index (χ4v) is 1.15. The average Bonchev–Trinajstić information content (AvgIpc) is 2.26. The zero-order valence-electron chi connectivity index (χ0n) is 9.42. The molecule has 0 atom stereocenters. The van der Waals surface area contributed by atoms with Crippen LogP contribution in [0, 0.1) is 0 Å². The molecule has 0 N–H and O–H groups in total. The monoisotopic (exact) mass is 238 g/mol. The minimum atomic E-state index is -3.43. The number of unbranched alkanes of at least 4 members (excludes halogenated alkanes) is 2. The molecule has 0 radical (unpaired) electrons. The Bertz CT molecular complexity index is 241. The Labute approximate surface area is 92.9 Å². The van der Waals surface area contributed by atoms with Crippen molar-refractivity contribution in [3.63, 3.8) is 0 Å². The second kappa shape index (κ2) is 7.14. The predicted octanol–water partition coefficient (Wildman–Crippen LogP) is 1.92.